The van der Waals surface area contributed by atoms with Gasteiger partial charge in [-0.2, -0.15) is 0 Å². The van der Waals surface area contributed by atoms with Gasteiger partial charge < -0.3 is 10.8 Å². The maximum atomic E-state index is 11.0. The van der Waals surface area contributed by atoms with Crippen molar-refractivity contribution in [3.63, 3.8) is 0 Å². The third-order valence-corrected chi connectivity index (χ3v) is 3.54. The highest BCUT2D eigenvalue weighted by Crippen LogP contribution is 2.33. The number of hydrogen-bond donors (Lipinski definition) is 2. The maximum absolute atomic E-state index is 11.0. The first-order chi connectivity index (χ1) is 6.46. The Bertz CT molecular complexity index is 207. The number of hydrogen-bond acceptors (Lipinski definition) is 2. The van der Waals surface area contributed by atoms with Crippen LogP contribution in [0.2, 0.25) is 0 Å². The Morgan fingerprint density at radius 3 is 2.29 bits per heavy atom. The van der Waals surface area contributed by atoms with Gasteiger partial charge in [0.25, 0.3) is 0 Å². The number of carbonyl (C=O) groups is 1. The standard InChI is InChI=1S/C11H21NO2/c1-11(2,10(13)14)9(12)8-6-4-3-5-7-8/h8-9H,3-7,12H2,1-2H3,(H,13,14)/t9-/m1/s1. The van der Waals surface area contributed by atoms with Gasteiger partial charge in [-0.15, -0.1) is 0 Å². The van der Waals surface area contributed by atoms with Gasteiger partial charge in [0.2, 0.25) is 0 Å². The van der Waals surface area contributed by atoms with E-state index in [4.69, 9.17) is 10.8 Å². The minimum Gasteiger partial charge on any atom is -0.481 e. The van der Waals surface area contributed by atoms with Crippen LogP contribution < -0.4 is 5.73 Å². The van der Waals surface area contributed by atoms with Crippen LogP contribution in [0.25, 0.3) is 0 Å². The average Bonchev–Trinajstić information content (AvgIpc) is 2.17. The fraction of sp³-hybridized carbons (Fsp3) is 0.909. The summed E-state index contributed by atoms with van der Waals surface area (Å²) in [5.41, 5.74) is 5.26. The predicted molar refractivity (Wildman–Crippen MR) is 56.0 cm³/mol. The number of aliphatic carboxylic acids is 1. The Kier molecular flexibility index (Phi) is 3.53. The first kappa shape index (κ1) is 11.5. The Morgan fingerprint density at radius 1 is 1.36 bits per heavy atom. The van der Waals surface area contributed by atoms with Crippen molar-refractivity contribution in [2.45, 2.75) is 52.0 Å². The largest absolute Gasteiger partial charge is 0.481 e. The lowest BCUT2D eigenvalue weighted by Crippen LogP contribution is -2.48. The molecule has 3 N–H and O–H groups in total. The Labute approximate surface area is 85.7 Å². The summed E-state index contributed by atoms with van der Waals surface area (Å²) < 4.78 is 0. The van der Waals surface area contributed by atoms with Crippen molar-refractivity contribution in [2.75, 3.05) is 0 Å². The normalized spacial score (nSPS) is 21.9. The van der Waals surface area contributed by atoms with Crippen LogP contribution in [0, 0.1) is 11.3 Å². The van der Waals surface area contributed by atoms with Crippen LogP contribution >= 0.6 is 0 Å². The molecule has 0 bridgehead atoms. The van der Waals surface area contributed by atoms with Crippen LogP contribution in [0.5, 0.6) is 0 Å². The molecule has 0 aliphatic heterocycles. The molecule has 1 rings (SSSR count). The zero-order chi connectivity index (χ0) is 10.8. The maximum Gasteiger partial charge on any atom is 0.310 e. The molecule has 0 saturated heterocycles. The van der Waals surface area contributed by atoms with Crippen molar-refractivity contribution in [1.29, 1.82) is 0 Å². The van der Waals surface area contributed by atoms with E-state index in [1.807, 2.05) is 0 Å². The van der Waals surface area contributed by atoms with Crippen LogP contribution in [0.4, 0.5) is 0 Å². The van der Waals surface area contributed by atoms with Crippen molar-refractivity contribution in [2.24, 2.45) is 17.1 Å². The highest BCUT2D eigenvalue weighted by molar-refractivity contribution is 5.74. The van der Waals surface area contributed by atoms with Crippen molar-refractivity contribution in [3.8, 4) is 0 Å². The third-order valence-electron chi connectivity index (χ3n) is 3.54. The third kappa shape index (κ3) is 2.27. The Balaban J connectivity index is 2.62. The summed E-state index contributed by atoms with van der Waals surface area (Å²) in [5.74, 6) is -0.384. The van der Waals surface area contributed by atoms with Gasteiger partial charge in [0.1, 0.15) is 0 Å². The summed E-state index contributed by atoms with van der Waals surface area (Å²) in [4.78, 5) is 11.0. The van der Waals surface area contributed by atoms with E-state index < -0.39 is 11.4 Å². The van der Waals surface area contributed by atoms with E-state index in [1.54, 1.807) is 13.8 Å². The lowest BCUT2D eigenvalue weighted by atomic mass is 9.72. The molecule has 0 aromatic rings. The highest BCUT2D eigenvalue weighted by Gasteiger charge is 2.39. The number of nitrogens with two attached hydrogens (primary N) is 1. The van der Waals surface area contributed by atoms with Crippen molar-refractivity contribution in [1.82, 2.24) is 0 Å². The van der Waals surface area contributed by atoms with E-state index in [1.165, 1.54) is 19.3 Å². The molecular weight excluding hydrogens is 178 g/mol. The fourth-order valence-corrected chi connectivity index (χ4v) is 2.23. The van der Waals surface area contributed by atoms with Gasteiger partial charge in [-0.25, -0.2) is 0 Å². The molecule has 0 amide bonds. The van der Waals surface area contributed by atoms with Gasteiger partial charge in [-0.05, 0) is 32.6 Å². The fourth-order valence-electron chi connectivity index (χ4n) is 2.23. The van der Waals surface area contributed by atoms with E-state index in [2.05, 4.69) is 0 Å². The minimum absolute atomic E-state index is 0.208. The molecule has 0 aromatic carbocycles. The monoisotopic (exact) mass is 199 g/mol. The lowest BCUT2D eigenvalue weighted by molar-refractivity contribution is -0.149. The van der Waals surface area contributed by atoms with E-state index in [0.29, 0.717) is 5.92 Å². The molecular formula is C11H21NO2. The second kappa shape index (κ2) is 4.30. The summed E-state index contributed by atoms with van der Waals surface area (Å²) in [7, 11) is 0. The summed E-state index contributed by atoms with van der Waals surface area (Å²) in [6, 6.07) is -0.208. The second-order valence-corrected chi connectivity index (χ2v) is 4.95. The zero-order valence-electron chi connectivity index (χ0n) is 9.12. The smallest absolute Gasteiger partial charge is 0.310 e. The molecule has 1 atom stereocenters. The van der Waals surface area contributed by atoms with Gasteiger partial charge in [0, 0.05) is 6.04 Å². The molecule has 1 aliphatic rings. The van der Waals surface area contributed by atoms with Crippen LogP contribution in [0.15, 0.2) is 0 Å². The average molecular weight is 199 g/mol. The molecule has 3 nitrogen and oxygen atoms in total. The molecule has 0 heterocycles. The van der Waals surface area contributed by atoms with Gasteiger partial charge in [0.15, 0.2) is 0 Å². The van der Waals surface area contributed by atoms with Gasteiger partial charge in [-0.1, -0.05) is 19.3 Å². The topological polar surface area (TPSA) is 63.3 Å². The molecule has 0 spiro atoms. The van der Waals surface area contributed by atoms with Gasteiger partial charge in [0.05, 0.1) is 5.41 Å². The van der Waals surface area contributed by atoms with E-state index in [9.17, 15) is 4.79 Å². The molecule has 1 fully saturated rings. The van der Waals surface area contributed by atoms with Crippen LogP contribution in [-0.2, 0) is 4.79 Å². The molecule has 1 aliphatic carbocycles. The Morgan fingerprint density at radius 2 is 1.86 bits per heavy atom. The predicted octanol–water partition coefficient (Wildman–Crippen LogP) is 2.00. The van der Waals surface area contributed by atoms with Crippen molar-refractivity contribution in [3.05, 3.63) is 0 Å². The number of rotatable bonds is 3. The quantitative estimate of drug-likeness (QED) is 0.730. The first-order valence-corrected chi connectivity index (χ1v) is 5.45. The number of carboxylic acid groups (broad SMARTS) is 1. The second-order valence-electron chi connectivity index (χ2n) is 4.95. The van der Waals surface area contributed by atoms with Crippen molar-refractivity contribution >= 4 is 5.97 Å². The summed E-state index contributed by atoms with van der Waals surface area (Å²) in [5, 5.41) is 9.06. The number of carboxylic acids is 1. The first-order valence-electron chi connectivity index (χ1n) is 5.45. The SMILES string of the molecule is CC(C)(C(=O)O)[C@H](N)C1CCCCC1. The van der Waals surface area contributed by atoms with E-state index in [-0.39, 0.29) is 6.04 Å². The highest BCUT2D eigenvalue weighted by atomic mass is 16.4. The summed E-state index contributed by atoms with van der Waals surface area (Å²) in [6.07, 6.45) is 5.87. The van der Waals surface area contributed by atoms with Gasteiger partial charge in [-0.3, -0.25) is 4.79 Å². The summed E-state index contributed by atoms with van der Waals surface area (Å²) >= 11 is 0. The summed E-state index contributed by atoms with van der Waals surface area (Å²) in [6.45, 7) is 3.46. The molecule has 14 heavy (non-hydrogen) atoms. The Hall–Kier alpha value is -0.570. The lowest BCUT2D eigenvalue weighted by Gasteiger charge is -2.35. The molecule has 3 heteroatoms. The molecule has 1 saturated carbocycles. The van der Waals surface area contributed by atoms with Crippen LogP contribution in [0.1, 0.15) is 46.0 Å². The van der Waals surface area contributed by atoms with E-state index in [0.717, 1.165) is 12.8 Å². The van der Waals surface area contributed by atoms with E-state index >= 15 is 0 Å². The minimum atomic E-state index is -0.790. The molecule has 0 aromatic heterocycles. The molecule has 0 radical (unpaired) electrons. The van der Waals surface area contributed by atoms with Crippen molar-refractivity contribution < 1.29 is 9.90 Å². The zero-order valence-corrected chi connectivity index (χ0v) is 9.12. The van der Waals surface area contributed by atoms with Crippen LogP contribution in [-0.4, -0.2) is 17.1 Å². The van der Waals surface area contributed by atoms with Crippen LogP contribution in [0.3, 0.4) is 0 Å². The van der Waals surface area contributed by atoms with Gasteiger partial charge >= 0.3 is 5.97 Å². The molecule has 0 unspecified atom stereocenters. The molecule has 82 valence electrons.